The Morgan fingerprint density at radius 2 is 1.63 bits per heavy atom. The second-order valence-electron chi connectivity index (χ2n) is 6.14. The highest BCUT2D eigenvalue weighted by Gasteiger charge is 2.29. The van der Waals surface area contributed by atoms with E-state index >= 15 is 0 Å². The third-order valence-corrected chi connectivity index (χ3v) is 4.04. The minimum Gasteiger partial charge on any atom is -0.465 e. The van der Waals surface area contributed by atoms with E-state index < -0.39 is 30.0 Å². The molecule has 0 spiro atoms. The van der Waals surface area contributed by atoms with Gasteiger partial charge in [-0.05, 0) is 29.7 Å². The Balaban J connectivity index is 1.89. The number of benzene rings is 2. The normalized spacial score (nSPS) is 13.8. The molecule has 0 unspecified atom stereocenters. The number of hydrogen-bond donors (Lipinski definition) is 4. The number of halogens is 3. The fourth-order valence-electron chi connectivity index (χ4n) is 2.63. The highest BCUT2D eigenvalue weighted by Crippen LogP contribution is 2.29. The molecule has 5 nitrogen and oxygen atoms in total. The molecule has 1 amide bonds. The van der Waals surface area contributed by atoms with E-state index in [9.17, 15) is 23.1 Å². The second kappa shape index (κ2) is 9.38. The van der Waals surface area contributed by atoms with Crippen molar-refractivity contribution in [1.82, 2.24) is 10.6 Å². The van der Waals surface area contributed by atoms with Gasteiger partial charge in [-0.2, -0.15) is 13.2 Å². The van der Waals surface area contributed by atoms with Crippen LogP contribution in [0.25, 0.3) is 0 Å². The van der Waals surface area contributed by atoms with Crippen molar-refractivity contribution >= 4 is 6.09 Å². The number of nitrogens with one attached hydrogen (secondary N) is 2. The van der Waals surface area contributed by atoms with Gasteiger partial charge in [0, 0.05) is 13.1 Å². The Labute approximate surface area is 154 Å². The van der Waals surface area contributed by atoms with Crippen LogP contribution in [0.2, 0.25) is 0 Å². The van der Waals surface area contributed by atoms with Gasteiger partial charge >= 0.3 is 12.3 Å². The van der Waals surface area contributed by atoms with Gasteiger partial charge in [-0.15, -0.1) is 0 Å². The summed E-state index contributed by atoms with van der Waals surface area (Å²) in [5, 5.41) is 24.5. The molecule has 8 heteroatoms. The molecule has 0 aliphatic carbocycles. The molecule has 0 radical (unpaired) electrons. The first-order valence-electron chi connectivity index (χ1n) is 8.34. The maximum atomic E-state index is 12.5. The molecule has 2 rings (SSSR count). The molecule has 0 bridgehead atoms. The molecule has 0 aromatic heterocycles. The van der Waals surface area contributed by atoms with E-state index in [4.69, 9.17) is 5.11 Å². The van der Waals surface area contributed by atoms with E-state index in [-0.39, 0.29) is 13.1 Å². The molecule has 2 aromatic rings. The first-order chi connectivity index (χ1) is 12.8. The maximum absolute atomic E-state index is 12.5. The summed E-state index contributed by atoms with van der Waals surface area (Å²) in [6.07, 6.45) is -6.31. The molecule has 2 atom stereocenters. The van der Waals surface area contributed by atoms with Gasteiger partial charge < -0.3 is 20.8 Å². The van der Waals surface area contributed by atoms with Gasteiger partial charge in [0.15, 0.2) is 0 Å². The van der Waals surface area contributed by atoms with Crippen molar-refractivity contribution in [1.29, 1.82) is 0 Å². The zero-order chi connectivity index (χ0) is 19.9. The monoisotopic (exact) mass is 382 g/mol. The van der Waals surface area contributed by atoms with Crippen LogP contribution in [0.15, 0.2) is 54.6 Å². The van der Waals surface area contributed by atoms with Crippen LogP contribution in [0.4, 0.5) is 18.0 Å². The number of rotatable bonds is 8. The lowest BCUT2D eigenvalue weighted by Crippen LogP contribution is -2.48. The summed E-state index contributed by atoms with van der Waals surface area (Å²) >= 11 is 0. The quantitative estimate of drug-likeness (QED) is 0.566. The van der Waals surface area contributed by atoms with E-state index in [1.165, 1.54) is 12.1 Å². The van der Waals surface area contributed by atoms with Crippen LogP contribution in [-0.4, -0.2) is 35.0 Å². The van der Waals surface area contributed by atoms with Gasteiger partial charge in [-0.25, -0.2) is 4.79 Å². The minimum atomic E-state index is -4.38. The van der Waals surface area contributed by atoms with E-state index in [0.717, 1.165) is 17.7 Å². The van der Waals surface area contributed by atoms with Gasteiger partial charge in [0.25, 0.3) is 0 Å². The summed E-state index contributed by atoms with van der Waals surface area (Å²) in [6, 6.07) is 13.1. The van der Waals surface area contributed by atoms with Crippen LogP contribution >= 0.6 is 0 Å². The Hall–Kier alpha value is -2.58. The van der Waals surface area contributed by atoms with Crippen molar-refractivity contribution in [2.45, 2.75) is 31.3 Å². The van der Waals surface area contributed by atoms with Crippen molar-refractivity contribution in [3.05, 3.63) is 71.3 Å². The molecule has 0 saturated heterocycles. The lowest BCUT2D eigenvalue weighted by atomic mass is 10.0. The van der Waals surface area contributed by atoms with Crippen LogP contribution in [0.1, 0.15) is 16.7 Å². The van der Waals surface area contributed by atoms with Crippen molar-refractivity contribution in [2.24, 2.45) is 0 Å². The van der Waals surface area contributed by atoms with E-state index in [1.54, 1.807) is 0 Å². The lowest BCUT2D eigenvalue weighted by Gasteiger charge is -2.23. The average Bonchev–Trinajstić information content (AvgIpc) is 2.61. The summed E-state index contributed by atoms with van der Waals surface area (Å²) in [6.45, 7) is 0.332. The SMILES string of the molecule is O=C(O)N[C@@H](Cc1ccccc1)[C@@H](O)CNCc1ccc(C(F)(F)F)cc1. The fourth-order valence-corrected chi connectivity index (χ4v) is 2.63. The number of carboxylic acid groups (broad SMARTS) is 1. The highest BCUT2D eigenvalue weighted by molar-refractivity contribution is 5.65. The minimum absolute atomic E-state index is 0.0821. The van der Waals surface area contributed by atoms with Crippen LogP contribution in [0.5, 0.6) is 0 Å². The highest BCUT2D eigenvalue weighted by atomic mass is 19.4. The van der Waals surface area contributed by atoms with Crippen molar-refractivity contribution in [2.75, 3.05) is 6.54 Å². The number of aliphatic hydroxyl groups is 1. The molecule has 27 heavy (non-hydrogen) atoms. The van der Waals surface area contributed by atoms with E-state index in [2.05, 4.69) is 10.6 Å². The Morgan fingerprint density at radius 1 is 1.00 bits per heavy atom. The molecule has 146 valence electrons. The predicted octanol–water partition coefficient (Wildman–Crippen LogP) is 3.03. The third kappa shape index (κ3) is 6.92. The predicted molar refractivity (Wildman–Crippen MR) is 94.3 cm³/mol. The fraction of sp³-hybridized carbons (Fsp3) is 0.316. The maximum Gasteiger partial charge on any atom is 0.416 e. The summed E-state index contributed by atoms with van der Waals surface area (Å²) in [5.74, 6) is 0. The molecule has 0 fully saturated rings. The van der Waals surface area contributed by atoms with E-state index in [1.807, 2.05) is 30.3 Å². The lowest BCUT2D eigenvalue weighted by molar-refractivity contribution is -0.137. The number of carbonyl (C=O) groups is 1. The van der Waals surface area contributed by atoms with Crippen molar-refractivity contribution < 1.29 is 28.2 Å². The molecule has 0 saturated carbocycles. The van der Waals surface area contributed by atoms with Crippen molar-refractivity contribution in [3.63, 3.8) is 0 Å². The number of aliphatic hydroxyl groups excluding tert-OH is 1. The topological polar surface area (TPSA) is 81.6 Å². The van der Waals surface area contributed by atoms with Gasteiger partial charge in [0.1, 0.15) is 0 Å². The van der Waals surface area contributed by atoms with Crippen LogP contribution in [-0.2, 0) is 19.1 Å². The largest absolute Gasteiger partial charge is 0.465 e. The Kier molecular flexibility index (Phi) is 7.20. The van der Waals surface area contributed by atoms with Gasteiger partial charge in [-0.3, -0.25) is 0 Å². The Bertz CT molecular complexity index is 721. The first kappa shape index (κ1) is 20.7. The summed E-state index contributed by atoms with van der Waals surface area (Å²) in [7, 11) is 0. The molecule has 2 aromatic carbocycles. The molecular weight excluding hydrogens is 361 g/mol. The third-order valence-electron chi connectivity index (χ3n) is 4.04. The Morgan fingerprint density at radius 3 is 2.19 bits per heavy atom. The second-order valence-corrected chi connectivity index (χ2v) is 6.14. The van der Waals surface area contributed by atoms with Crippen LogP contribution in [0, 0.1) is 0 Å². The molecule has 4 N–H and O–H groups in total. The number of hydrogen-bond acceptors (Lipinski definition) is 3. The zero-order valence-corrected chi connectivity index (χ0v) is 14.4. The van der Waals surface area contributed by atoms with Crippen LogP contribution in [0.3, 0.4) is 0 Å². The smallest absolute Gasteiger partial charge is 0.416 e. The summed E-state index contributed by atoms with van der Waals surface area (Å²) < 4.78 is 37.6. The number of amides is 1. The average molecular weight is 382 g/mol. The van der Waals surface area contributed by atoms with Crippen molar-refractivity contribution in [3.8, 4) is 0 Å². The van der Waals surface area contributed by atoms with Gasteiger partial charge in [0.2, 0.25) is 0 Å². The molecule has 0 aliphatic rings. The summed E-state index contributed by atoms with van der Waals surface area (Å²) in [5.41, 5.74) is 0.777. The van der Waals surface area contributed by atoms with E-state index in [0.29, 0.717) is 12.0 Å². The number of alkyl halides is 3. The zero-order valence-electron chi connectivity index (χ0n) is 14.4. The molecule has 0 heterocycles. The summed E-state index contributed by atoms with van der Waals surface area (Å²) in [4.78, 5) is 11.0. The first-order valence-corrected chi connectivity index (χ1v) is 8.34. The molecule has 0 aliphatic heterocycles. The van der Waals surface area contributed by atoms with Gasteiger partial charge in [0.05, 0.1) is 17.7 Å². The standard InChI is InChI=1S/C19H21F3N2O3/c20-19(21,22)15-8-6-14(7-9-15)11-23-12-17(25)16(24-18(26)27)10-13-4-2-1-3-5-13/h1-9,16-17,23-25H,10-12H2,(H,26,27)/t16-,17-/m0/s1. The van der Waals surface area contributed by atoms with Gasteiger partial charge in [-0.1, -0.05) is 42.5 Å². The van der Waals surface area contributed by atoms with Crippen LogP contribution < -0.4 is 10.6 Å². The molecular formula is C19H21F3N2O3.